The van der Waals surface area contributed by atoms with Crippen molar-refractivity contribution in [3.8, 4) is 11.3 Å². The molecule has 0 saturated carbocycles. The molecular weight excluding hydrogens is 433 g/mol. The minimum atomic E-state index is 0.782. The summed E-state index contributed by atoms with van der Waals surface area (Å²) < 4.78 is 3.51. The number of nitrogens with two attached hydrogens (primary N) is 2. The summed E-state index contributed by atoms with van der Waals surface area (Å²) in [5.74, 6) is 0. The third-order valence-electron chi connectivity index (χ3n) is 4.73. The third kappa shape index (κ3) is 2.98. The van der Waals surface area contributed by atoms with Gasteiger partial charge in [0.15, 0.2) is 0 Å². The lowest BCUT2D eigenvalue weighted by molar-refractivity contribution is -0.659. The van der Waals surface area contributed by atoms with E-state index >= 15 is 0 Å². The van der Waals surface area contributed by atoms with Gasteiger partial charge in [-0.05, 0) is 36.4 Å². The highest BCUT2D eigenvalue weighted by atomic mass is 127. The smallest absolute Gasteiger partial charge is 0.220 e. The summed E-state index contributed by atoms with van der Waals surface area (Å²) >= 11 is 2.44. The van der Waals surface area contributed by atoms with E-state index in [4.69, 9.17) is 11.5 Å². The molecule has 0 amide bonds. The number of benzene rings is 3. The number of nitrogen functional groups attached to an aromatic ring is 2. The highest BCUT2D eigenvalue weighted by Crippen LogP contribution is 2.33. The van der Waals surface area contributed by atoms with Gasteiger partial charge in [0.25, 0.3) is 0 Å². The molecule has 0 atom stereocenters. The second-order valence-corrected chi connectivity index (χ2v) is 7.57. The Kier molecular flexibility index (Phi) is 4.68. The highest BCUT2D eigenvalue weighted by molar-refractivity contribution is 14.1. The number of aromatic nitrogens is 1. The number of halogens is 1. The highest BCUT2D eigenvalue weighted by Gasteiger charge is 2.23. The lowest BCUT2D eigenvalue weighted by atomic mass is 9.98. The molecule has 0 fully saturated rings. The van der Waals surface area contributed by atoms with E-state index in [9.17, 15) is 0 Å². The first-order valence-electron chi connectivity index (χ1n) is 8.74. The van der Waals surface area contributed by atoms with Crippen molar-refractivity contribution >= 4 is 55.6 Å². The van der Waals surface area contributed by atoms with Crippen LogP contribution in [-0.2, 0) is 6.54 Å². The zero-order chi connectivity index (χ0) is 18.1. The molecule has 3 aromatic carbocycles. The minimum absolute atomic E-state index is 0.782. The SMILES string of the molecule is Nc1ccc2c(c1)c(-c1ccccc1)[n+](CCCI)c1cc(N)ccc21. The van der Waals surface area contributed by atoms with E-state index in [0.29, 0.717) is 0 Å². The van der Waals surface area contributed by atoms with Gasteiger partial charge < -0.3 is 11.5 Å². The van der Waals surface area contributed by atoms with E-state index in [1.165, 1.54) is 32.9 Å². The Morgan fingerprint density at radius 1 is 0.769 bits per heavy atom. The number of fused-ring (bicyclic) bond motifs is 3. The molecule has 0 bridgehead atoms. The molecule has 1 aromatic heterocycles. The predicted molar refractivity (Wildman–Crippen MR) is 119 cm³/mol. The van der Waals surface area contributed by atoms with Crippen LogP contribution in [0.4, 0.5) is 11.4 Å². The Bertz CT molecular complexity index is 1090. The Balaban J connectivity index is 2.20. The summed E-state index contributed by atoms with van der Waals surface area (Å²) in [4.78, 5) is 0. The topological polar surface area (TPSA) is 55.9 Å². The molecule has 0 spiro atoms. The Hall–Kier alpha value is -2.34. The van der Waals surface area contributed by atoms with Crippen molar-refractivity contribution in [2.45, 2.75) is 13.0 Å². The maximum Gasteiger partial charge on any atom is 0.220 e. The van der Waals surface area contributed by atoms with Crippen LogP contribution < -0.4 is 16.0 Å². The lowest BCUT2D eigenvalue weighted by Crippen LogP contribution is -2.38. The number of anilines is 2. The van der Waals surface area contributed by atoms with Gasteiger partial charge in [-0.3, -0.25) is 0 Å². The van der Waals surface area contributed by atoms with E-state index in [-0.39, 0.29) is 0 Å². The number of nitrogens with zero attached hydrogens (tertiary/aromatic N) is 1. The van der Waals surface area contributed by atoms with Gasteiger partial charge >= 0.3 is 0 Å². The van der Waals surface area contributed by atoms with Crippen LogP contribution in [0.2, 0.25) is 0 Å². The molecule has 130 valence electrons. The normalized spacial score (nSPS) is 11.3. The van der Waals surface area contributed by atoms with Gasteiger partial charge in [0.2, 0.25) is 11.2 Å². The third-order valence-corrected chi connectivity index (χ3v) is 5.50. The second kappa shape index (κ2) is 7.11. The first-order valence-corrected chi connectivity index (χ1v) is 10.3. The maximum absolute atomic E-state index is 6.16. The van der Waals surface area contributed by atoms with Gasteiger partial charge in [0.1, 0.15) is 6.54 Å². The molecule has 0 unspecified atom stereocenters. The molecule has 26 heavy (non-hydrogen) atoms. The van der Waals surface area contributed by atoms with Crippen molar-refractivity contribution in [2.75, 3.05) is 15.9 Å². The first-order chi connectivity index (χ1) is 12.7. The zero-order valence-electron chi connectivity index (χ0n) is 14.5. The van der Waals surface area contributed by atoms with Crippen molar-refractivity contribution in [1.82, 2.24) is 0 Å². The molecule has 0 radical (unpaired) electrons. The zero-order valence-corrected chi connectivity index (χ0v) is 16.6. The average Bonchev–Trinajstić information content (AvgIpc) is 2.66. The van der Waals surface area contributed by atoms with Crippen molar-refractivity contribution in [2.24, 2.45) is 0 Å². The molecule has 4 rings (SSSR count). The van der Waals surface area contributed by atoms with Crippen molar-refractivity contribution < 1.29 is 4.57 Å². The largest absolute Gasteiger partial charge is 0.399 e. The maximum atomic E-state index is 6.16. The fourth-order valence-electron chi connectivity index (χ4n) is 3.62. The molecule has 0 saturated heterocycles. The monoisotopic (exact) mass is 454 g/mol. The van der Waals surface area contributed by atoms with Crippen LogP contribution in [-0.4, -0.2) is 4.43 Å². The molecule has 0 aliphatic heterocycles. The molecule has 1 heterocycles. The summed E-state index contributed by atoms with van der Waals surface area (Å²) in [6, 6.07) is 22.9. The number of hydrogen-bond acceptors (Lipinski definition) is 2. The second-order valence-electron chi connectivity index (χ2n) is 6.49. The van der Waals surface area contributed by atoms with E-state index in [2.05, 4.69) is 75.7 Å². The van der Waals surface area contributed by atoms with E-state index in [1.807, 2.05) is 18.2 Å². The first kappa shape index (κ1) is 17.1. The fraction of sp³-hybridized carbons (Fsp3) is 0.136. The van der Waals surface area contributed by atoms with Crippen LogP contribution >= 0.6 is 22.6 Å². The van der Waals surface area contributed by atoms with E-state index in [0.717, 1.165) is 28.8 Å². The van der Waals surface area contributed by atoms with E-state index < -0.39 is 0 Å². The number of hydrogen-bond donors (Lipinski definition) is 2. The van der Waals surface area contributed by atoms with Crippen molar-refractivity contribution in [3.05, 3.63) is 66.7 Å². The molecular formula is C22H21IN3+. The summed E-state index contributed by atoms with van der Waals surface area (Å²) in [5.41, 5.74) is 17.4. The average molecular weight is 454 g/mol. The summed E-state index contributed by atoms with van der Waals surface area (Å²) in [7, 11) is 0. The predicted octanol–water partition coefficient (Wildman–Crippen LogP) is 4.94. The molecule has 0 aliphatic rings. The van der Waals surface area contributed by atoms with Crippen LogP contribution in [0.5, 0.6) is 0 Å². The Labute approximate surface area is 166 Å². The number of alkyl halides is 1. The van der Waals surface area contributed by atoms with Gasteiger partial charge in [0, 0.05) is 39.2 Å². The van der Waals surface area contributed by atoms with Crippen LogP contribution in [0.3, 0.4) is 0 Å². The summed E-state index contributed by atoms with van der Waals surface area (Å²) in [5, 5.41) is 3.60. The van der Waals surface area contributed by atoms with Gasteiger partial charge in [-0.15, -0.1) is 0 Å². The summed E-state index contributed by atoms with van der Waals surface area (Å²) in [6.07, 6.45) is 1.10. The molecule has 4 aromatic rings. The Morgan fingerprint density at radius 3 is 2.19 bits per heavy atom. The molecule has 4 N–H and O–H groups in total. The van der Waals surface area contributed by atoms with Gasteiger partial charge in [-0.2, -0.15) is 4.57 Å². The molecule has 0 aliphatic carbocycles. The van der Waals surface area contributed by atoms with Crippen LogP contribution in [0.1, 0.15) is 6.42 Å². The lowest BCUT2D eigenvalue weighted by Gasteiger charge is -2.13. The molecule has 3 nitrogen and oxygen atoms in total. The standard InChI is InChI=1S/C22H20IN3/c23-11-4-12-26-21-14-17(25)8-10-19(21)18-9-7-16(24)13-20(18)22(26)15-5-2-1-3-6-15/h1-3,5-10,13-14,25H,4,11-12,24H2/p+1. The van der Waals surface area contributed by atoms with Gasteiger partial charge in [0.05, 0.1) is 10.8 Å². The van der Waals surface area contributed by atoms with Crippen LogP contribution in [0, 0.1) is 0 Å². The summed E-state index contributed by atoms with van der Waals surface area (Å²) in [6.45, 7) is 0.942. The Morgan fingerprint density at radius 2 is 1.46 bits per heavy atom. The number of pyridine rings is 1. The fourth-order valence-corrected chi connectivity index (χ4v) is 3.96. The van der Waals surface area contributed by atoms with Crippen molar-refractivity contribution in [1.29, 1.82) is 0 Å². The van der Waals surface area contributed by atoms with Crippen LogP contribution in [0.15, 0.2) is 66.7 Å². The van der Waals surface area contributed by atoms with Gasteiger partial charge in [-0.25, -0.2) is 0 Å². The molecule has 4 heteroatoms. The van der Waals surface area contributed by atoms with Gasteiger partial charge in [-0.1, -0.05) is 46.9 Å². The van der Waals surface area contributed by atoms with Crippen LogP contribution in [0.25, 0.3) is 32.9 Å². The number of aryl methyl sites for hydroxylation is 1. The van der Waals surface area contributed by atoms with Crippen molar-refractivity contribution in [3.63, 3.8) is 0 Å². The minimum Gasteiger partial charge on any atom is -0.399 e. The number of rotatable bonds is 4. The van der Waals surface area contributed by atoms with E-state index in [1.54, 1.807) is 0 Å². The quantitative estimate of drug-likeness (QED) is 0.151.